The summed E-state index contributed by atoms with van der Waals surface area (Å²) in [5.41, 5.74) is 5.85. The number of carbonyl (C=O) groups is 2. The normalized spacial score (nSPS) is 11.1. The molecule has 0 saturated heterocycles. The van der Waals surface area contributed by atoms with Crippen LogP contribution in [0.4, 0.5) is 5.69 Å². The third-order valence-electron chi connectivity index (χ3n) is 4.88. The van der Waals surface area contributed by atoms with E-state index in [4.69, 9.17) is 0 Å². The van der Waals surface area contributed by atoms with E-state index in [-0.39, 0.29) is 24.7 Å². The number of rotatable bonds is 7. The van der Waals surface area contributed by atoms with Gasteiger partial charge in [0.2, 0.25) is 11.8 Å². The number of nitrogens with one attached hydrogen (secondary N) is 1. The monoisotopic (exact) mass is 369 g/mol. The molecule has 0 aliphatic rings. The van der Waals surface area contributed by atoms with Crippen LogP contribution in [0.5, 0.6) is 0 Å². The fourth-order valence-electron chi connectivity index (χ4n) is 3.12. The van der Waals surface area contributed by atoms with E-state index in [1.807, 2.05) is 45.9 Å². The molecule has 2 aromatic rings. The molecule has 1 amide bonds. The lowest BCUT2D eigenvalue weighted by Crippen LogP contribution is -2.19. The second-order valence-corrected chi connectivity index (χ2v) is 7.75. The predicted octanol–water partition coefficient (Wildman–Crippen LogP) is 4.76. The highest BCUT2D eigenvalue weighted by Gasteiger charge is 2.17. The van der Waals surface area contributed by atoms with Gasteiger partial charge >= 0.3 is 0 Å². The van der Waals surface area contributed by atoms with Gasteiger partial charge in [-0.1, -0.05) is 26.0 Å². The minimum Gasteiger partial charge on any atom is -0.326 e. The van der Waals surface area contributed by atoms with Crippen molar-refractivity contribution in [1.29, 1.82) is 0 Å². The molecular weight excluding hydrogens is 338 g/mol. The fraction of sp³-hybridized carbons (Fsp3) is 0.500. The first-order chi connectivity index (χ1) is 12.7. The molecule has 2 rings (SSSR count). The van der Waals surface area contributed by atoms with Crippen molar-refractivity contribution in [3.8, 4) is 0 Å². The Hall–Kier alpha value is -2.43. The average molecular weight is 370 g/mol. The van der Waals surface area contributed by atoms with Crippen LogP contribution in [0, 0.1) is 33.6 Å². The van der Waals surface area contributed by atoms with Gasteiger partial charge in [0.25, 0.3) is 0 Å². The van der Waals surface area contributed by atoms with E-state index in [0.717, 1.165) is 46.6 Å². The van der Waals surface area contributed by atoms with Gasteiger partial charge in [-0.2, -0.15) is 5.10 Å². The third kappa shape index (κ3) is 5.52. The third-order valence-corrected chi connectivity index (χ3v) is 4.88. The summed E-state index contributed by atoms with van der Waals surface area (Å²) < 4.78 is 1.47. The quantitative estimate of drug-likeness (QED) is 0.765. The molecule has 0 atom stereocenters. The van der Waals surface area contributed by atoms with Gasteiger partial charge in [-0.15, -0.1) is 0 Å². The Morgan fingerprint density at radius 2 is 1.81 bits per heavy atom. The zero-order chi connectivity index (χ0) is 20.1. The predicted molar refractivity (Wildman–Crippen MR) is 109 cm³/mol. The maximum atomic E-state index is 12.6. The van der Waals surface area contributed by atoms with Crippen molar-refractivity contribution < 1.29 is 9.59 Å². The van der Waals surface area contributed by atoms with Crippen molar-refractivity contribution in [3.05, 3.63) is 46.3 Å². The molecule has 0 radical (unpaired) electrons. The van der Waals surface area contributed by atoms with Gasteiger partial charge in [0.15, 0.2) is 0 Å². The Morgan fingerprint density at radius 3 is 2.48 bits per heavy atom. The van der Waals surface area contributed by atoms with Crippen molar-refractivity contribution in [2.75, 3.05) is 5.32 Å². The number of hydrogen-bond donors (Lipinski definition) is 1. The Morgan fingerprint density at radius 1 is 1.11 bits per heavy atom. The molecule has 0 spiro atoms. The van der Waals surface area contributed by atoms with Crippen molar-refractivity contribution in [2.24, 2.45) is 5.92 Å². The first-order valence-corrected chi connectivity index (χ1v) is 9.64. The van der Waals surface area contributed by atoms with Gasteiger partial charge in [-0.3, -0.25) is 9.59 Å². The highest BCUT2D eigenvalue weighted by molar-refractivity contribution is 5.94. The highest BCUT2D eigenvalue weighted by atomic mass is 16.2. The molecule has 0 aliphatic carbocycles. The van der Waals surface area contributed by atoms with Crippen molar-refractivity contribution >= 4 is 17.5 Å². The second kappa shape index (κ2) is 8.98. The van der Waals surface area contributed by atoms with Crippen LogP contribution in [0.1, 0.15) is 66.0 Å². The molecule has 5 nitrogen and oxygen atoms in total. The molecular formula is C22H31N3O2. The summed E-state index contributed by atoms with van der Waals surface area (Å²) in [6.07, 6.45) is 2.28. The molecule has 0 bridgehead atoms. The summed E-state index contributed by atoms with van der Waals surface area (Å²) in [7, 11) is 0. The number of aryl methyl sites for hydroxylation is 3. The molecule has 0 aliphatic heterocycles. The Balaban J connectivity index is 1.98. The maximum absolute atomic E-state index is 12.6. The number of amides is 1. The summed E-state index contributed by atoms with van der Waals surface area (Å²) in [6.45, 7) is 12.2. The molecule has 1 aromatic heterocycles. The summed E-state index contributed by atoms with van der Waals surface area (Å²) in [5.74, 6) is 0.317. The zero-order valence-corrected chi connectivity index (χ0v) is 17.3. The first-order valence-electron chi connectivity index (χ1n) is 9.64. The van der Waals surface area contributed by atoms with Crippen molar-refractivity contribution in [1.82, 2.24) is 9.78 Å². The largest absolute Gasteiger partial charge is 0.326 e. The van der Waals surface area contributed by atoms with Gasteiger partial charge < -0.3 is 5.32 Å². The topological polar surface area (TPSA) is 64.0 Å². The lowest BCUT2D eigenvalue weighted by atomic mass is 10.0. The van der Waals surface area contributed by atoms with Crippen LogP contribution in [0.3, 0.4) is 0 Å². The second-order valence-electron chi connectivity index (χ2n) is 7.75. The number of anilines is 1. The van der Waals surface area contributed by atoms with Gasteiger partial charge in [-0.25, -0.2) is 4.68 Å². The van der Waals surface area contributed by atoms with Crippen LogP contribution in [0.2, 0.25) is 0 Å². The van der Waals surface area contributed by atoms with Gasteiger partial charge in [-0.05, 0) is 69.2 Å². The van der Waals surface area contributed by atoms with E-state index in [1.165, 1.54) is 4.68 Å². The Labute approximate surface area is 162 Å². The van der Waals surface area contributed by atoms with E-state index in [1.54, 1.807) is 0 Å². The summed E-state index contributed by atoms with van der Waals surface area (Å²) >= 11 is 0. The number of nitrogens with zero attached hydrogens (tertiary/aromatic N) is 2. The molecule has 1 aromatic carbocycles. The number of carbonyl (C=O) groups excluding carboxylic acids is 2. The lowest BCUT2D eigenvalue weighted by Gasteiger charge is -2.09. The molecule has 0 unspecified atom stereocenters. The average Bonchev–Trinajstić information content (AvgIpc) is 2.88. The summed E-state index contributed by atoms with van der Waals surface area (Å²) in [4.78, 5) is 24.8. The molecule has 5 heteroatoms. The van der Waals surface area contributed by atoms with Gasteiger partial charge in [0.05, 0.1) is 5.69 Å². The van der Waals surface area contributed by atoms with Crippen LogP contribution in [0.25, 0.3) is 0 Å². The number of aromatic nitrogens is 2. The van der Waals surface area contributed by atoms with Crippen molar-refractivity contribution in [3.63, 3.8) is 0 Å². The standard InChI is InChI=1S/C22H31N3O2/c1-14(2)7-10-19-17(5)24-25(18(19)6)22(27)12-11-21(26)23-20-13-15(3)8-9-16(20)4/h8-9,13-14H,7,10-12H2,1-6H3,(H,23,26). The van der Waals surface area contributed by atoms with Crippen LogP contribution in [-0.4, -0.2) is 21.6 Å². The molecule has 1 N–H and O–H groups in total. The summed E-state index contributed by atoms with van der Waals surface area (Å²) in [6, 6.07) is 5.93. The maximum Gasteiger partial charge on any atom is 0.247 e. The Bertz CT molecular complexity index is 834. The molecule has 146 valence electrons. The van der Waals surface area contributed by atoms with E-state index in [9.17, 15) is 9.59 Å². The highest BCUT2D eigenvalue weighted by Crippen LogP contribution is 2.19. The fourth-order valence-corrected chi connectivity index (χ4v) is 3.12. The minimum atomic E-state index is -0.154. The molecule has 27 heavy (non-hydrogen) atoms. The van der Waals surface area contributed by atoms with Crippen LogP contribution >= 0.6 is 0 Å². The van der Waals surface area contributed by atoms with Crippen LogP contribution in [-0.2, 0) is 11.2 Å². The van der Waals surface area contributed by atoms with Crippen molar-refractivity contribution in [2.45, 2.75) is 67.2 Å². The van der Waals surface area contributed by atoms with E-state index in [2.05, 4.69) is 24.3 Å². The molecule has 0 saturated carbocycles. The Kier molecular flexibility index (Phi) is 6.94. The van der Waals surface area contributed by atoms with E-state index >= 15 is 0 Å². The summed E-state index contributed by atoms with van der Waals surface area (Å²) in [5, 5.41) is 7.31. The van der Waals surface area contributed by atoms with Crippen LogP contribution in [0.15, 0.2) is 18.2 Å². The van der Waals surface area contributed by atoms with E-state index in [0.29, 0.717) is 5.92 Å². The number of benzene rings is 1. The number of hydrogen-bond acceptors (Lipinski definition) is 3. The van der Waals surface area contributed by atoms with Gasteiger partial charge in [0.1, 0.15) is 0 Å². The smallest absolute Gasteiger partial charge is 0.247 e. The molecule has 0 fully saturated rings. The zero-order valence-electron chi connectivity index (χ0n) is 17.3. The lowest BCUT2D eigenvalue weighted by molar-refractivity contribution is -0.116. The van der Waals surface area contributed by atoms with Crippen LogP contribution < -0.4 is 5.32 Å². The minimum absolute atomic E-state index is 0.137. The van der Waals surface area contributed by atoms with E-state index < -0.39 is 0 Å². The first kappa shape index (κ1) is 20.9. The van der Waals surface area contributed by atoms with Gasteiger partial charge in [0, 0.05) is 24.2 Å². The molecule has 1 heterocycles. The SMILES string of the molecule is Cc1ccc(C)c(NC(=O)CCC(=O)n2nc(C)c(CCC(C)C)c2C)c1.